The van der Waals surface area contributed by atoms with Crippen molar-refractivity contribution < 1.29 is 9.59 Å². The Morgan fingerprint density at radius 3 is 2.39 bits per heavy atom. The zero-order valence-electron chi connectivity index (χ0n) is 20.1. The molecule has 0 saturated heterocycles. The fourth-order valence-corrected chi connectivity index (χ4v) is 4.76. The minimum atomic E-state index is -0.345. The first-order chi connectivity index (χ1) is 17.5. The molecule has 1 aromatic heterocycles. The number of anilines is 1. The maximum Gasteiger partial charge on any atom is 0.267 e. The number of aromatic nitrogens is 2. The maximum absolute atomic E-state index is 13.2. The zero-order chi connectivity index (χ0) is 25.1. The van der Waals surface area contributed by atoms with Crippen LogP contribution in [0, 0.1) is 6.92 Å². The number of carbonyl (C=O) groups is 2. The molecule has 1 amide bonds. The van der Waals surface area contributed by atoms with Crippen LogP contribution in [0.25, 0.3) is 0 Å². The summed E-state index contributed by atoms with van der Waals surface area (Å²) in [7, 11) is 0. The first kappa shape index (κ1) is 23.4. The van der Waals surface area contributed by atoms with E-state index in [-0.39, 0.29) is 17.2 Å². The third-order valence-electron chi connectivity index (χ3n) is 6.67. The summed E-state index contributed by atoms with van der Waals surface area (Å²) < 4.78 is 0. The lowest BCUT2D eigenvalue weighted by molar-refractivity contribution is 0.0996. The fourth-order valence-electron chi connectivity index (χ4n) is 4.76. The van der Waals surface area contributed by atoms with Gasteiger partial charge in [-0.2, -0.15) is 5.10 Å². The van der Waals surface area contributed by atoms with Crippen LogP contribution >= 0.6 is 0 Å². The topological polar surface area (TPSA) is 91.9 Å². The second kappa shape index (κ2) is 10.1. The van der Waals surface area contributed by atoms with Crippen molar-refractivity contribution in [2.45, 2.75) is 39.0 Å². The number of nitrogens with zero attached hydrogens (tertiary/aromatic N) is 1. The van der Waals surface area contributed by atoms with Crippen LogP contribution in [0.15, 0.2) is 77.6 Å². The number of hydrogen-bond acceptors (Lipinski definition) is 4. The standard InChI is InChI=1S/C30H27N3O3/c1-19-13-15-21(16-14-19)28(34)24-10-3-5-12-26(24)29(35)31-22-8-6-7-20(17-22)18-27-23-9-2-4-11-25(23)30(36)33-32-27/h3,5-8,10,12-17H,2,4,9,11,18H2,1H3,(H,31,35)(H,33,36). The molecule has 0 radical (unpaired) electrons. The molecule has 1 aliphatic carbocycles. The van der Waals surface area contributed by atoms with Crippen molar-refractivity contribution in [2.24, 2.45) is 0 Å². The highest BCUT2D eigenvalue weighted by atomic mass is 16.2. The van der Waals surface area contributed by atoms with E-state index < -0.39 is 0 Å². The molecule has 4 aromatic rings. The predicted octanol–water partition coefficient (Wildman–Crippen LogP) is 5.03. The molecule has 0 bridgehead atoms. The Bertz CT molecular complexity index is 1500. The second-order valence-electron chi connectivity index (χ2n) is 9.24. The van der Waals surface area contributed by atoms with Crippen LogP contribution in [-0.2, 0) is 19.3 Å². The molecule has 0 fully saturated rings. The van der Waals surface area contributed by atoms with Crippen LogP contribution in [-0.4, -0.2) is 21.9 Å². The summed E-state index contributed by atoms with van der Waals surface area (Å²) in [6.45, 7) is 1.96. The largest absolute Gasteiger partial charge is 0.322 e. The van der Waals surface area contributed by atoms with Crippen molar-refractivity contribution in [1.29, 1.82) is 0 Å². The highest BCUT2D eigenvalue weighted by Crippen LogP contribution is 2.23. The molecule has 180 valence electrons. The summed E-state index contributed by atoms with van der Waals surface area (Å²) in [6.07, 6.45) is 4.29. The van der Waals surface area contributed by atoms with E-state index in [1.807, 2.05) is 43.3 Å². The molecular formula is C30H27N3O3. The minimum absolute atomic E-state index is 0.0895. The van der Waals surface area contributed by atoms with Gasteiger partial charge >= 0.3 is 0 Å². The van der Waals surface area contributed by atoms with Crippen LogP contribution in [0.4, 0.5) is 5.69 Å². The number of hydrogen-bond donors (Lipinski definition) is 2. The molecule has 6 nitrogen and oxygen atoms in total. The van der Waals surface area contributed by atoms with Crippen molar-refractivity contribution in [3.05, 3.63) is 128 Å². The monoisotopic (exact) mass is 477 g/mol. The average Bonchev–Trinajstić information content (AvgIpc) is 2.91. The van der Waals surface area contributed by atoms with Crippen LogP contribution in [0.1, 0.15) is 67.1 Å². The molecule has 6 heteroatoms. The number of rotatable bonds is 6. The summed E-state index contributed by atoms with van der Waals surface area (Å²) in [5.74, 6) is -0.536. The number of amides is 1. The van der Waals surface area contributed by atoms with Crippen LogP contribution in [0.3, 0.4) is 0 Å². The Hall–Kier alpha value is -4.32. The first-order valence-corrected chi connectivity index (χ1v) is 12.2. The molecule has 36 heavy (non-hydrogen) atoms. The summed E-state index contributed by atoms with van der Waals surface area (Å²) >= 11 is 0. The van der Waals surface area contributed by atoms with E-state index >= 15 is 0 Å². The van der Waals surface area contributed by atoms with Gasteiger partial charge in [-0.1, -0.05) is 60.2 Å². The zero-order valence-corrected chi connectivity index (χ0v) is 20.1. The average molecular weight is 478 g/mol. The van der Waals surface area contributed by atoms with Crippen molar-refractivity contribution in [3.63, 3.8) is 0 Å². The van der Waals surface area contributed by atoms with E-state index in [1.54, 1.807) is 36.4 Å². The molecule has 0 spiro atoms. The Labute approximate surface area is 209 Å². The minimum Gasteiger partial charge on any atom is -0.322 e. The normalized spacial score (nSPS) is 12.6. The summed E-state index contributed by atoms with van der Waals surface area (Å²) in [4.78, 5) is 38.5. The van der Waals surface area contributed by atoms with Gasteiger partial charge in [-0.05, 0) is 61.9 Å². The molecule has 5 rings (SSSR count). The van der Waals surface area contributed by atoms with Crippen LogP contribution < -0.4 is 10.9 Å². The van der Waals surface area contributed by atoms with E-state index in [0.29, 0.717) is 28.8 Å². The van der Waals surface area contributed by atoms with Crippen LogP contribution in [0.2, 0.25) is 0 Å². The van der Waals surface area contributed by atoms with Crippen molar-refractivity contribution in [3.8, 4) is 0 Å². The third-order valence-corrected chi connectivity index (χ3v) is 6.67. The molecule has 0 atom stereocenters. The van der Waals surface area contributed by atoms with Crippen molar-refractivity contribution >= 4 is 17.4 Å². The Morgan fingerprint density at radius 2 is 1.61 bits per heavy atom. The molecule has 0 unspecified atom stereocenters. The van der Waals surface area contributed by atoms with E-state index in [2.05, 4.69) is 15.5 Å². The van der Waals surface area contributed by atoms with Crippen molar-refractivity contribution in [1.82, 2.24) is 10.2 Å². The van der Waals surface area contributed by atoms with Gasteiger partial charge in [-0.3, -0.25) is 14.4 Å². The van der Waals surface area contributed by atoms with E-state index in [9.17, 15) is 14.4 Å². The van der Waals surface area contributed by atoms with Gasteiger partial charge in [0.05, 0.1) is 11.3 Å². The number of fused-ring (bicyclic) bond motifs is 1. The highest BCUT2D eigenvalue weighted by Gasteiger charge is 2.20. The summed E-state index contributed by atoms with van der Waals surface area (Å²) in [5, 5.41) is 9.91. The maximum atomic E-state index is 13.2. The van der Waals surface area contributed by atoms with Gasteiger partial charge in [-0.15, -0.1) is 0 Å². The SMILES string of the molecule is Cc1ccc(C(=O)c2ccccc2C(=O)Nc2cccc(Cc3n[nH]c(=O)c4c3CCCC4)c2)cc1. The van der Waals surface area contributed by atoms with Gasteiger partial charge in [0.2, 0.25) is 0 Å². The first-order valence-electron chi connectivity index (χ1n) is 12.2. The Morgan fingerprint density at radius 1 is 0.889 bits per heavy atom. The lowest BCUT2D eigenvalue weighted by Crippen LogP contribution is -2.23. The number of nitrogens with one attached hydrogen (secondary N) is 2. The molecule has 0 saturated carbocycles. The number of aromatic amines is 1. The molecular weight excluding hydrogens is 450 g/mol. The van der Waals surface area contributed by atoms with E-state index in [0.717, 1.165) is 53.6 Å². The lowest BCUT2D eigenvalue weighted by atomic mass is 9.90. The molecule has 3 aromatic carbocycles. The molecule has 1 aliphatic rings. The Kier molecular flexibility index (Phi) is 6.58. The Balaban J connectivity index is 1.37. The van der Waals surface area contributed by atoms with E-state index in [4.69, 9.17) is 0 Å². The quantitative estimate of drug-likeness (QED) is 0.381. The third kappa shape index (κ3) is 4.89. The van der Waals surface area contributed by atoms with Gasteiger partial charge < -0.3 is 5.32 Å². The number of ketones is 1. The second-order valence-corrected chi connectivity index (χ2v) is 9.24. The molecule has 0 aliphatic heterocycles. The van der Waals surface area contributed by atoms with Gasteiger partial charge in [0.1, 0.15) is 0 Å². The fraction of sp³-hybridized carbons (Fsp3) is 0.200. The van der Waals surface area contributed by atoms with Gasteiger partial charge in [0.15, 0.2) is 5.78 Å². The lowest BCUT2D eigenvalue weighted by Gasteiger charge is -2.17. The predicted molar refractivity (Wildman–Crippen MR) is 140 cm³/mol. The van der Waals surface area contributed by atoms with Crippen molar-refractivity contribution in [2.75, 3.05) is 5.32 Å². The number of H-pyrrole nitrogens is 1. The number of benzene rings is 3. The number of carbonyl (C=O) groups excluding carboxylic acids is 2. The van der Waals surface area contributed by atoms with Gasteiger partial charge in [-0.25, -0.2) is 5.10 Å². The molecule has 1 heterocycles. The number of aryl methyl sites for hydroxylation is 1. The summed E-state index contributed by atoms with van der Waals surface area (Å²) in [5.41, 5.74) is 6.60. The summed E-state index contributed by atoms with van der Waals surface area (Å²) in [6, 6.07) is 21.8. The van der Waals surface area contributed by atoms with Gasteiger partial charge in [0.25, 0.3) is 11.5 Å². The van der Waals surface area contributed by atoms with Crippen LogP contribution in [0.5, 0.6) is 0 Å². The smallest absolute Gasteiger partial charge is 0.267 e. The van der Waals surface area contributed by atoms with Gasteiger partial charge in [0, 0.05) is 28.8 Å². The highest BCUT2D eigenvalue weighted by molar-refractivity contribution is 6.17. The molecule has 2 N–H and O–H groups in total. The van der Waals surface area contributed by atoms with E-state index in [1.165, 1.54) is 0 Å².